The molecular formula is C13H20N2O2S. The van der Waals surface area contributed by atoms with Gasteiger partial charge < -0.3 is 10.6 Å². The van der Waals surface area contributed by atoms with Crippen LogP contribution in [0, 0.1) is 0 Å². The van der Waals surface area contributed by atoms with Crippen molar-refractivity contribution in [1.29, 1.82) is 0 Å². The molecule has 1 aromatic rings. The average molecular weight is 268 g/mol. The highest BCUT2D eigenvalue weighted by atomic mass is 32.2. The van der Waals surface area contributed by atoms with E-state index in [0.29, 0.717) is 13.1 Å². The molecule has 0 aromatic heterocycles. The van der Waals surface area contributed by atoms with Crippen LogP contribution in [-0.2, 0) is 22.1 Å². The van der Waals surface area contributed by atoms with Crippen LogP contribution in [0.15, 0.2) is 29.2 Å². The predicted molar refractivity (Wildman–Crippen MR) is 73.8 cm³/mol. The van der Waals surface area contributed by atoms with Gasteiger partial charge in [-0.2, -0.15) is 0 Å². The predicted octanol–water partition coefficient (Wildman–Crippen LogP) is 1.04. The molecule has 1 rings (SSSR count). The lowest BCUT2D eigenvalue weighted by molar-refractivity contribution is -0.120. The van der Waals surface area contributed by atoms with Crippen LogP contribution in [0.1, 0.15) is 19.4 Å². The van der Waals surface area contributed by atoms with Crippen LogP contribution in [0.4, 0.5) is 0 Å². The molecule has 0 heterocycles. The van der Waals surface area contributed by atoms with Crippen LogP contribution in [-0.4, -0.2) is 29.0 Å². The molecule has 0 saturated carbocycles. The van der Waals surface area contributed by atoms with E-state index in [1.807, 2.05) is 38.1 Å². The van der Waals surface area contributed by atoms with Gasteiger partial charge in [0.2, 0.25) is 5.91 Å². The largest absolute Gasteiger partial charge is 0.353 e. The first-order valence-electron chi connectivity index (χ1n) is 5.91. The highest BCUT2D eigenvalue weighted by Crippen LogP contribution is 2.07. The molecule has 0 spiro atoms. The van der Waals surface area contributed by atoms with Gasteiger partial charge in [0.1, 0.15) is 0 Å². The molecule has 18 heavy (non-hydrogen) atoms. The fraction of sp³-hybridized carbons (Fsp3) is 0.462. The minimum Gasteiger partial charge on any atom is -0.353 e. The summed E-state index contributed by atoms with van der Waals surface area (Å²) in [5.74, 6) is -0.00344. The molecule has 0 aliphatic heterocycles. The van der Waals surface area contributed by atoms with Crippen LogP contribution in [0.25, 0.3) is 0 Å². The first-order chi connectivity index (χ1) is 8.49. The second-order valence-corrected chi connectivity index (χ2v) is 5.80. The number of nitrogens with one attached hydrogen (secondary N) is 2. The highest BCUT2D eigenvalue weighted by Gasteiger charge is 2.02. The first-order valence-corrected chi connectivity index (χ1v) is 7.47. The van der Waals surface area contributed by atoms with Gasteiger partial charge in [-0.1, -0.05) is 12.1 Å². The van der Waals surface area contributed by atoms with E-state index in [1.165, 1.54) is 0 Å². The fourth-order valence-electron chi connectivity index (χ4n) is 1.49. The molecule has 0 fully saturated rings. The molecular weight excluding hydrogens is 248 g/mol. The zero-order valence-electron chi connectivity index (χ0n) is 11.0. The van der Waals surface area contributed by atoms with Crippen molar-refractivity contribution in [2.24, 2.45) is 0 Å². The number of amides is 1. The van der Waals surface area contributed by atoms with Crippen molar-refractivity contribution in [2.75, 3.05) is 12.8 Å². The summed E-state index contributed by atoms with van der Waals surface area (Å²) >= 11 is 0. The molecule has 2 N–H and O–H groups in total. The number of carbonyl (C=O) groups is 1. The van der Waals surface area contributed by atoms with Gasteiger partial charge in [0.15, 0.2) is 0 Å². The Hall–Kier alpha value is -1.20. The second kappa shape index (κ2) is 7.28. The van der Waals surface area contributed by atoms with E-state index in [4.69, 9.17) is 0 Å². The summed E-state index contributed by atoms with van der Waals surface area (Å²) in [6.07, 6.45) is 1.66. The standard InChI is InChI=1S/C13H20N2O2S/c1-10(2)15-13(16)9-14-8-11-4-6-12(7-5-11)18(3)17/h4-7,10,14H,8-9H2,1-3H3,(H,15,16)/t18-/m1/s1. The van der Waals surface area contributed by atoms with Crippen LogP contribution < -0.4 is 10.6 Å². The summed E-state index contributed by atoms with van der Waals surface area (Å²) < 4.78 is 11.2. The minimum absolute atomic E-state index is 0.00344. The van der Waals surface area contributed by atoms with E-state index in [1.54, 1.807) is 6.26 Å². The van der Waals surface area contributed by atoms with Gasteiger partial charge in [-0.3, -0.25) is 9.00 Å². The number of carbonyl (C=O) groups excluding carboxylic acids is 1. The lowest BCUT2D eigenvalue weighted by Crippen LogP contribution is -2.37. The lowest BCUT2D eigenvalue weighted by atomic mass is 10.2. The zero-order valence-corrected chi connectivity index (χ0v) is 11.8. The van der Waals surface area contributed by atoms with Crippen LogP contribution in [0.5, 0.6) is 0 Å². The maximum absolute atomic E-state index is 11.4. The van der Waals surface area contributed by atoms with Gasteiger partial charge in [0, 0.05) is 34.5 Å². The highest BCUT2D eigenvalue weighted by molar-refractivity contribution is 7.84. The molecule has 0 aliphatic rings. The SMILES string of the molecule is CC(C)NC(=O)CNCc1ccc([S@@](C)=O)cc1. The fourth-order valence-corrected chi connectivity index (χ4v) is 2.01. The molecule has 0 aliphatic carbocycles. The van der Waals surface area contributed by atoms with Gasteiger partial charge in [0.25, 0.3) is 0 Å². The van der Waals surface area contributed by atoms with Crippen molar-refractivity contribution in [3.8, 4) is 0 Å². The Kier molecular flexibility index (Phi) is 6.01. The number of hydrogen-bond donors (Lipinski definition) is 2. The lowest BCUT2D eigenvalue weighted by Gasteiger charge is -2.09. The zero-order chi connectivity index (χ0) is 13.5. The van der Waals surface area contributed by atoms with E-state index >= 15 is 0 Å². The van der Waals surface area contributed by atoms with Crippen molar-refractivity contribution in [3.05, 3.63) is 29.8 Å². The summed E-state index contributed by atoms with van der Waals surface area (Å²) in [5, 5.41) is 5.88. The Morgan fingerprint density at radius 3 is 2.39 bits per heavy atom. The number of benzene rings is 1. The average Bonchev–Trinajstić information content (AvgIpc) is 2.28. The van der Waals surface area contributed by atoms with Crippen molar-refractivity contribution in [2.45, 2.75) is 31.3 Å². The topological polar surface area (TPSA) is 58.2 Å². The summed E-state index contributed by atoms with van der Waals surface area (Å²) in [6, 6.07) is 7.70. The van der Waals surface area contributed by atoms with Crippen LogP contribution >= 0.6 is 0 Å². The third-order valence-electron chi connectivity index (χ3n) is 2.32. The quantitative estimate of drug-likeness (QED) is 0.810. The Morgan fingerprint density at radius 2 is 1.89 bits per heavy atom. The van der Waals surface area contributed by atoms with Crippen molar-refractivity contribution >= 4 is 16.7 Å². The summed E-state index contributed by atoms with van der Waals surface area (Å²) in [7, 11) is -0.942. The molecule has 1 amide bonds. The summed E-state index contributed by atoms with van der Waals surface area (Å²) in [6.45, 7) is 4.80. The van der Waals surface area contributed by atoms with Crippen molar-refractivity contribution in [1.82, 2.24) is 10.6 Å². The maximum atomic E-state index is 11.4. The molecule has 4 nitrogen and oxygen atoms in total. The monoisotopic (exact) mass is 268 g/mol. The normalized spacial score (nSPS) is 12.4. The summed E-state index contributed by atoms with van der Waals surface area (Å²) in [4.78, 5) is 12.2. The second-order valence-electron chi connectivity index (χ2n) is 4.42. The molecule has 0 bridgehead atoms. The molecule has 5 heteroatoms. The first kappa shape index (κ1) is 14.9. The minimum atomic E-state index is -0.942. The van der Waals surface area contributed by atoms with E-state index in [0.717, 1.165) is 10.5 Å². The molecule has 1 aromatic carbocycles. The van der Waals surface area contributed by atoms with Gasteiger partial charge in [0.05, 0.1) is 6.54 Å². The Labute approximate surface area is 111 Å². The molecule has 0 saturated heterocycles. The number of hydrogen-bond acceptors (Lipinski definition) is 3. The third-order valence-corrected chi connectivity index (χ3v) is 3.26. The third kappa shape index (κ3) is 5.42. The van der Waals surface area contributed by atoms with E-state index in [-0.39, 0.29) is 11.9 Å². The van der Waals surface area contributed by atoms with Crippen LogP contribution in [0.3, 0.4) is 0 Å². The van der Waals surface area contributed by atoms with Crippen molar-refractivity contribution in [3.63, 3.8) is 0 Å². The molecule has 100 valence electrons. The van der Waals surface area contributed by atoms with Gasteiger partial charge in [-0.25, -0.2) is 0 Å². The molecule has 1 atom stereocenters. The van der Waals surface area contributed by atoms with Crippen LogP contribution in [0.2, 0.25) is 0 Å². The summed E-state index contributed by atoms with van der Waals surface area (Å²) in [5.41, 5.74) is 1.07. The van der Waals surface area contributed by atoms with Gasteiger partial charge in [-0.05, 0) is 31.5 Å². The smallest absolute Gasteiger partial charge is 0.234 e. The van der Waals surface area contributed by atoms with Crippen molar-refractivity contribution < 1.29 is 9.00 Å². The molecule has 0 radical (unpaired) electrons. The Bertz CT molecular complexity index is 416. The van der Waals surface area contributed by atoms with Gasteiger partial charge in [-0.15, -0.1) is 0 Å². The maximum Gasteiger partial charge on any atom is 0.234 e. The van der Waals surface area contributed by atoms with E-state index < -0.39 is 10.8 Å². The van der Waals surface area contributed by atoms with Gasteiger partial charge >= 0.3 is 0 Å². The number of rotatable bonds is 6. The van der Waals surface area contributed by atoms with E-state index in [9.17, 15) is 9.00 Å². The van der Waals surface area contributed by atoms with E-state index in [2.05, 4.69) is 10.6 Å². The Morgan fingerprint density at radius 1 is 1.28 bits per heavy atom. The Balaban J connectivity index is 2.35. The molecule has 0 unspecified atom stereocenters.